The van der Waals surface area contributed by atoms with Gasteiger partial charge in [-0.05, 0) is 42.9 Å². The van der Waals surface area contributed by atoms with Gasteiger partial charge in [0.15, 0.2) is 0 Å². The van der Waals surface area contributed by atoms with Crippen molar-refractivity contribution < 1.29 is 4.74 Å². The number of nitrogen functional groups attached to an aromatic ring is 1. The standard InChI is InChI=1S/C12H16ClNO/c13-11-4-3-10(12(14)7-11)6-9-2-1-5-15-8-9/h3-4,7,9H,1-2,5-6,8,14H2. The Morgan fingerprint density at radius 2 is 2.33 bits per heavy atom. The number of anilines is 1. The lowest BCUT2D eigenvalue weighted by molar-refractivity contribution is 0.0551. The smallest absolute Gasteiger partial charge is 0.0497 e. The van der Waals surface area contributed by atoms with Crippen LogP contribution in [0, 0.1) is 5.92 Å². The molecule has 2 rings (SSSR count). The van der Waals surface area contributed by atoms with E-state index in [-0.39, 0.29) is 0 Å². The van der Waals surface area contributed by atoms with Crippen molar-refractivity contribution in [2.75, 3.05) is 18.9 Å². The van der Waals surface area contributed by atoms with Gasteiger partial charge in [0.2, 0.25) is 0 Å². The van der Waals surface area contributed by atoms with Gasteiger partial charge in [-0.1, -0.05) is 17.7 Å². The molecule has 1 unspecified atom stereocenters. The third-order valence-corrected chi connectivity index (χ3v) is 3.11. The Labute approximate surface area is 95.4 Å². The quantitative estimate of drug-likeness (QED) is 0.786. The van der Waals surface area contributed by atoms with Crippen molar-refractivity contribution in [3.05, 3.63) is 28.8 Å². The Morgan fingerprint density at radius 1 is 1.47 bits per heavy atom. The van der Waals surface area contributed by atoms with E-state index < -0.39 is 0 Å². The second-order valence-electron chi connectivity index (χ2n) is 4.13. The second-order valence-corrected chi connectivity index (χ2v) is 4.57. The van der Waals surface area contributed by atoms with Crippen molar-refractivity contribution >= 4 is 17.3 Å². The maximum absolute atomic E-state index is 5.91. The lowest BCUT2D eigenvalue weighted by Gasteiger charge is -2.22. The van der Waals surface area contributed by atoms with Crippen molar-refractivity contribution in [2.24, 2.45) is 5.92 Å². The molecule has 0 aromatic heterocycles. The van der Waals surface area contributed by atoms with Gasteiger partial charge in [0.1, 0.15) is 0 Å². The maximum Gasteiger partial charge on any atom is 0.0497 e. The van der Waals surface area contributed by atoms with E-state index in [9.17, 15) is 0 Å². The number of ether oxygens (including phenoxy) is 1. The maximum atomic E-state index is 5.91. The summed E-state index contributed by atoms with van der Waals surface area (Å²) in [5.74, 6) is 0.613. The fourth-order valence-corrected chi connectivity index (χ4v) is 2.21. The molecule has 0 aliphatic carbocycles. The van der Waals surface area contributed by atoms with Crippen LogP contribution in [0.1, 0.15) is 18.4 Å². The second kappa shape index (κ2) is 4.86. The summed E-state index contributed by atoms with van der Waals surface area (Å²) in [4.78, 5) is 0. The first-order valence-electron chi connectivity index (χ1n) is 5.37. The zero-order valence-corrected chi connectivity index (χ0v) is 9.46. The number of hydrogen-bond acceptors (Lipinski definition) is 2. The summed E-state index contributed by atoms with van der Waals surface area (Å²) in [6.07, 6.45) is 3.41. The molecule has 0 bridgehead atoms. The highest BCUT2D eigenvalue weighted by Gasteiger charge is 2.15. The van der Waals surface area contributed by atoms with Gasteiger partial charge in [0.25, 0.3) is 0 Å². The molecule has 82 valence electrons. The van der Waals surface area contributed by atoms with E-state index in [1.165, 1.54) is 12.0 Å². The van der Waals surface area contributed by atoms with Crippen LogP contribution < -0.4 is 5.73 Å². The number of rotatable bonds is 2. The summed E-state index contributed by atoms with van der Waals surface area (Å²) >= 11 is 5.86. The van der Waals surface area contributed by atoms with Gasteiger partial charge in [-0.2, -0.15) is 0 Å². The van der Waals surface area contributed by atoms with Crippen LogP contribution in [0.15, 0.2) is 18.2 Å². The minimum Gasteiger partial charge on any atom is -0.398 e. The van der Waals surface area contributed by atoms with Gasteiger partial charge in [0.05, 0.1) is 0 Å². The molecule has 0 spiro atoms. The molecule has 1 atom stereocenters. The molecule has 1 aliphatic rings. The Morgan fingerprint density at radius 3 is 3.00 bits per heavy atom. The van der Waals surface area contributed by atoms with Gasteiger partial charge >= 0.3 is 0 Å². The van der Waals surface area contributed by atoms with Crippen LogP contribution in [0.3, 0.4) is 0 Å². The third kappa shape index (κ3) is 2.86. The van der Waals surface area contributed by atoms with Crippen LogP contribution in [0.2, 0.25) is 5.02 Å². The van der Waals surface area contributed by atoms with Crippen molar-refractivity contribution in [1.82, 2.24) is 0 Å². The molecule has 15 heavy (non-hydrogen) atoms. The van der Waals surface area contributed by atoms with Gasteiger partial charge < -0.3 is 10.5 Å². The topological polar surface area (TPSA) is 35.2 Å². The Balaban J connectivity index is 2.03. The number of benzene rings is 1. The molecule has 1 aromatic carbocycles. The van der Waals surface area contributed by atoms with Crippen molar-refractivity contribution in [1.29, 1.82) is 0 Å². The predicted octanol–water partition coefficient (Wildman–Crippen LogP) is 2.89. The van der Waals surface area contributed by atoms with Gasteiger partial charge in [-0.15, -0.1) is 0 Å². The predicted molar refractivity (Wildman–Crippen MR) is 63.1 cm³/mol. The highest BCUT2D eigenvalue weighted by molar-refractivity contribution is 6.30. The SMILES string of the molecule is Nc1cc(Cl)ccc1CC1CCCOC1. The Hall–Kier alpha value is -0.730. The van der Waals surface area contributed by atoms with E-state index in [0.717, 1.165) is 31.7 Å². The van der Waals surface area contributed by atoms with E-state index in [1.807, 2.05) is 18.2 Å². The molecule has 2 nitrogen and oxygen atoms in total. The first-order chi connectivity index (χ1) is 7.25. The van der Waals surface area contributed by atoms with Crippen LogP contribution in [0.4, 0.5) is 5.69 Å². The first-order valence-corrected chi connectivity index (χ1v) is 5.75. The van der Waals surface area contributed by atoms with Crippen molar-refractivity contribution in [3.63, 3.8) is 0 Å². The minimum atomic E-state index is 0.613. The molecule has 1 aromatic rings. The zero-order chi connectivity index (χ0) is 10.7. The van der Waals surface area contributed by atoms with E-state index >= 15 is 0 Å². The van der Waals surface area contributed by atoms with E-state index in [1.54, 1.807) is 0 Å². The summed E-state index contributed by atoms with van der Waals surface area (Å²) in [6.45, 7) is 1.77. The van der Waals surface area contributed by atoms with Crippen LogP contribution in [-0.2, 0) is 11.2 Å². The summed E-state index contributed by atoms with van der Waals surface area (Å²) in [7, 11) is 0. The molecule has 3 heteroatoms. The monoisotopic (exact) mass is 225 g/mol. The zero-order valence-electron chi connectivity index (χ0n) is 8.71. The van der Waals surface area contributed by atoms with Crippen LogP contribution in [0.5, 0.6) is 0 Å². The average Bonchev–Trinajstić information content (AvgIpc) is 2.24. The number of hydrogen-bond donors (Lipinski definition) is 1. The Kier molecular flexibility index (Phi) is 3.49. The fraction of sp³-hybridized carbons (Fsp3) is 0.500. The molecular formula is C12H16ClNO. The molecule has 1 aliphatic heterocycles. The van der Waals surface area contributed by atoms with Crippen molar-refractivity contribution in [2.45, 2.75) is 19.3 Å². The molecule has 0 saturated carbocycles. The molecule has 0 amide bonds. The van der Waals surface area contributed by atoms with Crippen LogP contribution in [0.25, 0.3) is 0 Å². The minimum absolute atomic E-state index is 0.613. The highest BCUT2D eigenvalue weighted by Crippen LogP contribution is 2.24. The third-order valence-electron chi connectivity index (χ3n) is 2.87. The molecular weight excluding hydrogens is 210 g/mol. The molecule has 0 radical (unpaired) electrons. The molecule has 2 N–H and O–H groups in total. The summed E-state index contributed by atoms with van der Waals surface area (Å²) in [5, 5.41) is 0.705. The van der Waals surface area contributed by atoms with Gasteiger partial charge in [-0.3, -0.25) is 0 Å². The molecule has 1 saturated heterocycles. The summed E-state index contributed by atoms with van der Waals surface area (Å²) in [5.41, 5.74) is 7.90. The fourth-order valence-electron chi connectivity index (χ4n) is 2.03. The average molecular weight is 226 g/mol. The lowest BCUT2D eigenvalue weighted by Crippen LogP contribution is -2.19. The summed E-state index contributed by atoms with van der Waals surface area (Å²) < 4.78 is 5.45. The largest absolute Gasteiger partial charge is 0.398 e. The number of nitrogens with two attached hydrogens (primary N) is 1. The van der Waals surface area contributed by atoms with Crippen molar-refractivity contribution in [3.8, 4) is 0 Å². The van der Waals surface area contributed by atoms with Gasteiger partial charge in [0, 0.05) is 23.9 Å². The molecule has 1 fully saturated rings. The highest BCUT2D eigenvalue weighted by atomic mass is 35.5. The Bertz CT molecular complexity index is 334. The van der Waals surface area contributed by atoms with E-state index in [2.05, 4.69) is 0 Å². The molecule has 1 heterocycles. The normalized spacial score (nSPS) is 21.5. The van der Waals surface area contributed by atoms with Crippen LogP contribution in [-0.4, -0.2) is 13.2 Å². The van der Waals surface area contributed by atoms with E-state index in [4.69, 9.17) is 22.1 Å². The summed E-state index contributed by atoms with van der Waals surface area (Å²) in [6, 6.07) is 5.74. The lowest BCUT2D eigenvalue weighted by atomic mass is 9.93. The number of halogens is 1. The first kappa shape index (κ1) is 10.8. The van der Waals surface area contributed by atoms with Gasteiger partial charge in [-0.25, -0.2) is 0 Å². The van der Waals surface area contributed by atoms with E-state index in [0.29, 0.717) is 10.9 Å². The van der Waals surface area contributed by atoms with Crippen LogP contribution >= 0.6 is 11.6 Å².